The summed E-state index contributed by atoms with van der Waals surface area (Å²) in [7, 11) is 1.57. The predicted octanol–water partition coefficient (Wildman–Crippen LogP) is 5.40. The van der Waals surface area contributed by atoms with Gasteiger partial charge in [-0.2, -0.15) is 0 Å². The summed E-state index contributed by atoms with van der Waals surface area (Å²) in [6.45, 7) is 4.55. The van der Waals surface area contributed by atoms with Crippen LogP contribution in [0.4, 0.5) is 5.69 Å². The Balaban J connectivity index is 1.73. The fourth-order valence-corrected chi connectivity index (χ4v) is 2.92. The van der Waals surface area contributed by atoms with Crippen LogP contribution in [-0.2, 0) is 13.0 Å². The zero-order valence-electron chi connectivity index (χ0n) is 16.5. The molecule has 3 aromatic rings. The van der Waals surface area contributed by atoms with Gasteiger partial charge in [0.15, 0.2) is 11.5 Å². The van der Waals surface area contributed by atoms with Crippen LogP contribution in [-0.4, -0.2) is 13.0 Å². The first kappa shape index (κ1) is 19.5. The van der Waals surface area contributed by atoms with Crippen molar-refractivity contribution in [1.82, 2.24) is 0 Å². The summed E-state index contributed by atoms with van der Waals surface area (Å²) in [5, 5.41) is 2.98. The fraction of sp³-hybridized carbons (Fsp3) is 0.208. The van der Waals surface area contributed by atoms with Gasteiger partial charge in [0, 0.05) is 11.3 Å². The number of aryl methyl sites for hydroxylation is 2. The number of nitrogens with one attached hydrogen (secondary N) is 1. The van der Waals surface area contributed by atoms with Crippen molar-refractivity contribution in [3.8, 4) is 11.5 Å². The van der Waals surface area contributed by atoms with Crippen LogP contribution < -0.4 is 14.8 Å². The molecule has 144 valence electrons. The second kappa shape index (κ2) is 9.09. The SMILES string of the molecule is CCc1ccccc1NC(=O)c1ccc(OCc2ccc(C)cc2)c(OC)c1. The van der Waals surface area contributed by atoms with Gasteiger partial charge in [0.05, 0.1) is 7.11 Å². The van der Waals surface area contributed by atoms with Crippen LogP contribution in [0.15, 0.2) is 66.7 Å². The van der Waals surface area contributed by atoms with Crippen LogP contribution in [0.1, 0.15) is 34.0 Å². The molecule has 0 aliphatic heterocycles. The monoisotopic (exact) mass is 375 g/mol. The molecule has 0 atom stereocenters. The lowest BCUT2D eigenvalue weighted by Crippen LogP contribution is -2.13. The molecule has 0 spiro atoms. The number of hydrogen-bond donors (Lipinski definition) is 1. The number of ether oxygens (including phenoxy) is 2. The second-order valence-electron chi connectivity index (χ2n) is 6.60. The maximum atomic E-state index is 12.7. The van der Waals surface area contributed by atoms with Crippen molar-refractivity contribution in [3.63, 3.8) is 0 Å². The van der Waals surface area contributed by atoms with Crippen LogP contribution in [0.25, 0.3) is 0 Å². The summed E-state index contributed by atoms with van der Waals surface area (Å²) in [6.07, 6.45) is 0.853. The molecule has 0 radical (unpaired) electrons. The van der Waals surface area contributed by atoms with Gasteiger partial charge in [-0.15, -0.1) is 0 Å². The lowest BCUT2D eigenvalue weighted by Gasteiger charge is -2.13. The van der Waals surface area contributed by atoms with Gasteiger partial charge in [-0.25, -0.2) is 0 Å². The van der Waals surface area contributed by atoms with E-state index in [0.717, 1.165) is 23.2 Å². The largest absolute Gasteiger partial charge is 0.493 e. The molecular formula is C24H25NO3. The lowest BCUT2D eigenvalue weighted by molar-refractivity contribution is 0.102. The van der Waals surface area contributed by atoms with E-state index in [1.165, 1.54) is 5.56 Å². The maximum absolute atomic E-state index is 12.7. The first-order valence-corrected chi connectivity index (χ1v) is 9.36. The van der Waals surface area contributed by atoms with E-state index >= 15 is 0 Å². The number of carbonyl (C=O) groups is 1. The molecule has 0 aliphatic carbocycles. The van der Waals surface area contributed by atoms with Crippen LogP contribution in [0.3, 0.4) is 0 Å². The number of amides is 1. The van der Waals surface area contributed by atoms with Crippen molar-refractivity contribution in [2.24, 2.45) is 0 Å². The third kappa shape index (κ3) is 4.71. The molecule has 0 bridgehead atoms. The van der Waals surface area contributed by atoms with Gasteiger partial charge in [0.2, 0.25) is 0 Å². The van der Waals surface area contributed by atoms with Crippen LogP contribution in [0.5, 0.6) is 11.5 Å². The Kier molecular flexibility index (Phi) is 6.33. The van der Waals surface area contributed by atoms with E-state index in [1.807, 2.05) is 36.4 Å². The summed E-state index contributed by atoms with van der Waals surface area (Å²) in [5.41, 5.74) is 4.73. The maximum Gasteiger partial charge on any atom is 0.255 e. The zero-order valence-corrected chi connectivity index (χ0v) is 16.5. The number of benzene rings is 3. The Morgan fingerprint density at radius 1 is 0.964 bits per heavy atom. The Labute approximate surface area is 166 Å². The van der Waals surface area contributed by atoms with Gasteiger partial charge in [-0.3, -0.25) is 4.79 Å². The first-order chi connectivity index (χ1) is 13.6. The molecule has 4 heteroatoms. The standard InChI is InChI=1S/C24H25NO3/c1-4-19-7-5-6-8-21(19)25-24(26)20-13-14-22(23(15-20)27-3)28-16-18-11-9-17(2)10-12-18/h5-15H,4,16H2,1-3H3,(H,25,26). The van der Waals surface area contributed by atoms with E-state index in [9.17, 15) is 4.79 Å². The highest BCUT2D eigenvalue weighted by Gasteiger charge is 2.13. The zero-order chi connectivity index (χ0) is 19.9. The molecular weight excluding hydrogens is 350 g/mol. The topological polar surface area (TPSA) is 47.6 Å². The van der Waals surface area contributed by atoms with Crippen molar-refractivity contribution < 1.29 is 14.3 Å². The number of methoxy groups -OCH3 is 1. The van der Waals surface area contributed by atoms with Crippen molar-refractivity contribution in [3.05, 3.63) is 89.0 Å². The Morgan fingerprint density at radius 2 is 1.71 bits per heavy atom. The molecule has 3 rings (SSSR count). The van der Waals surface area contributed by atoms with Crippen LogP contribution in [0.2, 0.25) is 0 Å². The van der Waals surface area contributed by atoms with Gasteiger partial charge < -0.3 is 14.8 Å². The summed E-state index contributed by atoms with van der Waals surface area (Å²) in [6, 6.07) is 21.2. The fourth-order valence-electron chi connectivity index (χ4n) is 2.92. The molecule has 0 unspecified atom stereocenters. The highest BCUT2D eigenvalue weighted by atomic mass is 16.5. The van der Waals surface area contributed by atoms with Crippen molar-refractivity contribution >= 4 is 11.6 Å². The molecule has 4 nitrogen and oxygen atoms in total. The molecule has 3 aromatic carbocycles. The average molecular weight is 375 g/mol. The Morgan fingerprint density at radius 3 is 2.43 bits per heavy atom. The quantitative estimate of drug-likeness (QED) is 0.602. The van der Waals surface area contributed by atoms with Gasteiger partial charge in [0.1, 0.15) is 6.61 Å². The highest BCUT2D eigenvalue weighted by molar-refractivity contribution is 6.05. The Hall–Kier alpha value is -3.27. The van der Waals surface area contributed by atoms with Crippen molar-refractivity contribution in [2.45, 2.75) is 26.9 Å². The first-order valence-electron chi connectivity index (χ1n) is 9.36. The summed E-state index contributed by atoms with van der Waals surface area (Å²) < 4.78 is 11.3. The molecule has 1 N–H and O–H groups in total. The van der Waals surface area contributed by atoms with Crippen LogP contribution >= 0.6 is 0 Å². The van der Waals surface area contributed by atoms with Gasteiger partial charge in [-0.05, 0) is 48.7 Å². The molecule has 1 amide bonds. The van der Waals surface area contributed by atoms with Crippen molar-refractivity contribution in [2.75, 3.05) is 12.4 Å². The predicted molar refractivity (Wildman–Crippen MR) is 112 cm³/mol. The van der Waals surface area contributed by atoms with E-state index < -0.39 is 0 Å². The molecule has 0 saturated heterocycles. The molecule has 0 aromatic heterocycles. The Bertz CT molecular complexity index is 948. The third-order valence-electron chi connectivity index (χ3n) is 4.59. The number of hydrogen-bond acceptors (Lipinski definition) is 3. The van der Waals surface area contributed by atoms with Gasteiger partial charge >= 0.3 is 0 Å². The third-order valence-corrected chi connectivity index (χ3v) is 4.59. The average Bonchev–Trinajstić information content (AvgIpc) is 2.73. The van der Waals surface area contributed by atoms with Crippen LogP contribution in [0, 0.1) is 6.92 Å². The lowest BCUT2D eigenvalue weighted by atomic mass is 10.1. The number of carbonyl (C=O) groups excluding carboxylic acids is 1. The minimum Gasteiger partial charge on any atom is -0.493 e. The van der Waals surface area contributed by atoms with E-state index in [4.69, 9.17) is 9.47 Å². The summed E-state index contributed by atoms with van der Waals surface area (Å²) >= 11 is 0. The number of anilines is 1. The highest BCUT2D eigenvalue weighted by Crippen LogP contribution is 2.29. The molecule has 0 aliphatic rings. The normalized spacial score (nSPS) is 10.4. The van der Waals surface area contributed by atoms with E-state index in [-0.39, 0.29) is 5.91 Å². The summed E-state index contributed by atoms with van der Waals surface area (Å²) in [4.78, 5) is 12.7. The second-order valence-corrected chi connectivity index (χ2v) is 6.60. The molecule has 28 heavy (non-hydrogen) atoms. The molecule has 0 saturated carbocycles. The number of para-hydroxylation sites is 1. The smallest absolute Gasteiger partial charge is 0.255 e. The van der Waals surface area contributed by atoms with Gasteiger partial charge in [0.25, 0.3) is 5.91 Å². The van der Waals surface area contributed by atoms with Gasteiger partial charge in [-0.1, -0.05) is 55.0 Å². The number of rotatable bonds is 7. The summed E-state index contributed by atoms with van der Waals surface area (Å²) in [5.74, 6) is 0.960. The molecule has 0 heterocycles. The van der Waals surface area contributed by atoms with E-state index in [1.54, 1.807) is 25.3 Å². The van der Waals surface area contributed by atoms with Crippen molar-refractivity contribution in [1.29, 1.82) is 0 Å². The van der Waals surface area contributed by atoms with E-state index in [0.29, 0.717) is 23.7 Å². The molecule has 0 fully saturated rings. The minimum atomic E-state index is -0.177. The van der Waals surface area contributed by atoms with E-state index in [2.05, 4.69) is 31.3 Å². The minimum absolute atomic E-state index is 0.177.